The molecular formula is C9H14N4. The van der Waals surface area contributed by atoms with Crippen LogP contribution in [-0.2, 0) is 12.8 Å². The lowest BCUT2D eigenvalue weighted by atomic mass is 10.3. The van der Waals surface area contributed by atoms with Crippen molar-refractivity contribution in [3.63, 3.8) is 0 Å². The second kappa shape index (κ2) is 3.20. The van der Waals surface area contributed by atoms with Crippen molar-refractivity contribution in [2.45, 2.75) is 33.1 Å². The predicted molar refractivity (Wildman–Crippen MR) is 50.7 cm³/mol. The molecule has 13 heavy (non-hydrogen) atoms. The van der Waals surface area contributed by atoms with Gasteiger partial charge in [-0.1, -0.05) is 13.8 Å². The quantitative estimate of drug-likeness (QED) is 0.775. The molecule has 0 radical (unpaired) electrons. The first-order chi connectivity index (χ1) is 6.33. The zero-order chi connectivity index (χ0) is 9.26. The minimum absolute atomic E-state index is 0.959. The molecule has 0 saturated carbocycles. The van der Waals surface area contributed by atoms with Gasteiger partial charge in [-0.2, -0.15) is 5.10 Å². The van der Waals surface area contributed by atoms with E-state index < -0.39 is 0 Å². The first kappa shape index (κ1) is 8.29. The van der Waals surface area contributed by atoms with Gasteiger partial charge < -0.3 is 4.98 Å². The van der Waals surface area contributed by atoms with E-state index in [9.17, 15) is 0 Å². The minimum atomic E-state index is 0.959. The average Bonchev–Trinajstić information content (AvgIpc) is 2.61. The Morgan fingerprint density at radius 1 is 1.38 bits per heavy atom. The standard InChI is InChI=1S/C9H14N4/c1-3-5-8-10-9-6-7(4-2)11-13(9)12-8/h6H,3-5H2,1-2H3,(H,10,12). The summed E-state index contributed by atoms with van der Waals surface area (Å²) in [5.41, 5.74) is 2.09. The molecule has 2 rings (SSSR count). The third-order valence-corrected chi connectivity index (χ3v) is 2.08. The highest BCUT2D eigenvalue weighted by Crippen LogP contribution is 2.05. The number of aromatic amines is 1. The van der Waals surface area contributed by atoms with Crippen LogP contribution in [0.5, 0.6) is 0 Å². The van der Waals surface area contributed by atoms with E-state index in [4.69, 9.17) is 0 Å². The molecule has 0 aliphatic heterocycles. The SMILES string of the molecule is CCCc1nn2nc(CC)cc2[nH]1. The van der Waals surface area contributed by atoms with E-state index in [0.717, 1.165) is 36.4 Å². The van der Waals surface area contributed by atoms with E-state index in [-0.39, 0.29) is 0 Å². The highest BCUT2D eigenvalue weighted by Gasteiger charge is 2.04. The molecule has 0 aliphatic carbocycles. The Morgan fingerprint density at radius 3 is 2.85 bits per heavy atom. The van der Waals surface area contributed by atoms with Crippen LogP contribution in [0.15, 0.2) is 6.07 Å². The zero-order valence-electron chi connectivity index (χ0n) is 8.04. The van der Waals surface area contributed by atoms with Crippen LogP contribution in [0.2, 0.25) is 0 Å². The highest BCUT2D eigenvalue weighted by molar-refractivity contribution is 5.38. The molecule has 0 fully saturated rings. The van der Waals surface area contributed by atoms with Gasteiger partial charge in [0.2, 0.25) is 0 Å². The van der Waals surface area contributed by atoms with Crippen molar-refractivity contribution in [3.8, 4) is 0 Å². The molecule has 0 aromatic carbocycles. The fraction of sp³-hybridized carbons (Fsp3) is 0.556. The van der Waals surface area contributed by atoms with Gasteiger partial charge in [0.05, 0.1) is 5.69 Å². The molecular weight excluding hydrogens is 164 g/mol. The average molecular weight is 178 g/mol. The Hall–Kier alpha value is -1.32. The van der Waals surface area contributed by atoms with E-state index in [1.54, 1.807) is 4.63 Å². The Balaban J connectivity index is 2.36. The molecule has 0 atom stereocenters. The van der Waals surface area contributed by atoms with Crippen LogP contribution < -0.4 is 0 Å². The van der Waals surface area contributed by atoms with Crippen molar-refractivity contribution in [3.05, 3.63) is 17.6 Å². The molecule has 2 aromatic rings. The molecule has 2 aromatic heterocycles. The van der Waals surface area contributed by atoms with Crippen LogP contribution in [0.4, 0.5) is 0 Å². The van der Waals surface area contributed by atoms with Crippen molar-refractivity contribution in [2.24, 2.45) is 0 Å². The zero-order valence-corrected chi connectivity index (χ0v) is 8.04. The second-order valence-electron chi connectivity index (χ2n) is 3.19. The summed E-state index contributed by atoms with van der Waals surface area (Å²) in [5.74, 6) is 1.02. The third kappa shape index (κ3) is 1.43. The summed E-state index contributed by atoms with van der Waals surface area (Å²) in [6, 6.07) is 2.05. The van der Waals surface area contributed by atoms with Crippen LogP contribution in [0.25, 0.3) is 5.65 Å². The summed E-state index contributed by atoms with van der Waals surface area (Å²) < 4.78 is 1.68. The molecule has 4 heteroatoms. The van der Waals surface area contributed by atoms with Crippen LogP contribution in [0, 0.1) is 0 Å². The van der Waals surface area contributed by atoms with Gasteiger partial charge in [-0.05, 0) is 12.8 Å². The van der Waals surface area contributed by atoms with E-state index in [2.05, 4.69) is 29.0 Å². The third-order valence-electron chi connectivity index (χ3n) is 2.08. The van der Waals surface area contributed by atoms with Crippen LogP contribution >= 0.6 is 0 Å². The first-order valence-electron chi connectivity index (χ1n) is 4.77. The summed E-state index contributed by atoms with van der Waals surface area (Å²) in [6.45, 7) is 4.23. The van der Waals surface area contributed by atoms with Gasteiger partial charge in [0, 0.05) is 12.5 Å². The number of nitrogens with zero attached hydrogens (tertiary/aromatic N) is 3. The maximum Gasteiger partial charge on any atom is 0.155 e. The molecule has 70 valence electrons. The lowest BCUT2D eigenvalue weighted by Crippen LogP contribution is -1.92. The second-order valence-corrected chi connectivity index (χ2v) is 3.19. The van der Waals surface area contributed by atoms with Gasteiger partial charge in [0.25, 0.3) is 0 Å². The van der Waals surface area contributed by atoms with Gasteiger partial charge in [0.1, 0.15) is 5.82 Å². The van der Waals surface area contributed by atoms with Crippen molar-refractivity contribution >= 4 is 5.65 Å². The van der Waals surface area contributed by atoms with Gasteiger partial charge in [-0.3, -0.25) is 0 Å². The molecule has 1 N–H and O–H groups in total. The Bertz CT molecular complexity index is 367. The van der Waals surface area contributed by atoms with Gasteiger partial charge in [-0.15, -0.1) is 9.73 Å². The fourth-order valence-corrected chi connectivity index (χ4v) is 1.39. The highest BCUT2D eigenvalue weighted by atomic mass is 15.5. The van der Waals surface area contributed by atoms with Crippen molar-refractivity contribution in [1.82, 2.24) is 19.8 Å². The van der Waals surface area contributed by atoms with E-state index in [0.29, 0.717) is 0 Å². The molecule has 0 amide bonds. The van der Waals surface area contributed by atoms with Crippen LogP contribution in [0.3, 0.4) is 0 Å². The van der Waals surface area contributed by atoms with Crippen molar-refractivity contribution in [2.75, 3.05) is 0 Å². The Kier molecular flexibility index (Phi) is 2.04. The predicted octanol–water partition coefficient (Wildman–Crippen LogP) is 1.57. The molecule has 0 bridgehead atoms. The normalized spacial score (nSPS) is 11.2. The van der Waals surface area contributed by atoms with Crippen molar-refractivity contribution in [1.29, 1.82) is 0 Å². The summed E-state index contributed by atoms with van der Waals surface area (Å²) in [6.07, 6.45) is 3.06. The number of fused-ring (bicyclic) bond motifs is 1. The largest absolute Gasteiger partial charge is 0.325 e. The summed E-state index contributed by atoms with van der Waals surface area (Å²) in [5, 5.41) is 8.63. The summed E-state index contributed by atoms with van der Waals surface area (Å²) in [4.78, 5) is 3.24. The monoisotopic (exact) mass is 178 g/mol. The molecule has 0 saturated heterocycles. The van der Waals surface area contributed by atoms with Crippen LogP contribution in [-0.4, -0.2) is 19.8 Å². The lowest BCUT2D eigenvalue weighted by Gasteiger charge is -1.87. The summed E-state index contributed by atoms with van der Waals surface area (Å²) in [7, 11) is 0. The number of H-pyrrole nitrogens is 1. The van der Waals surface area contributed by atoms with Crippen molar-refractivity contribution < 1.29 is 0 Å². The van der Waals surface area contributed by atoms with Gasteiger partial charge in [-0.25, -0.2) is 0 Å². The number of aromatic nitrogens is 4. The molecule has 2 heterocycles. The lowest BCUT2D eigenvalue weighted by molar-refractivity contribution is 0.749. The van der Waals surface area contributed by atoms with Gasteiger partial charge in [0.15, 0.2) is 5.65 Å². The fourth-order valence-electron chi connectivity index (χ4n) is 1.39. The number of aryl methyl sites for hydroxylation is 2. The van der Waals surface area contributed by atoms with E-state index >= 15 is 0 Å². The molecule has 4 nitrogen and oxygen atoms in total. The molecule has 0 unspecified atom stereocenters. The van der Waals surface area contributed by atoms with E-state index in [1.807, 2.05) is 6.07 Å². The molecule has 0 spiro atoms. The minimum Gasteiger partial charge on any atom is -0.325 e. The summed E-state index contributed by atoms with van der Waals surface area (Å²) >= 11 is 0. The van der Waals surface area contributed by atoms with Gasteiger partial charge >= 0.3 is 0 Å². The number of nitrogens with one attached hydrogen (secondary N) is 1. The topological polar surface area (TPSA) is 46.0 Å². The molecule has 0 aliphatic rings. The Morgan fingerprint density at radius 2 is 2.23 bits per heavy atom. The number of hydrogen-bond donors (Lipinski definition) is 1. The smallest absolute Gasteiger partial charge is 0.155 e. The number of hydrogen-bond acceptors (Lipinski definition) is 2. The maximum absolute atomic E-state index is 4.32. The van der Waals surface area contributed by atoms with E-state index in [1.165, 1.54) is 0 Å². The number of rotatable bonds is 3. The first-order valence-corrected chi connectivity index (χ1v) is 4.77. The Labute approximate surface area is 77.0 Å². The maximum atomic E-state index is 4.32. The van der Waals surface area contributed by atoms with Crippen LogP contribution in [0.1, 0.15) is 31.8 Å².